The zero-order valence-corrected chi connectivity index (χ0v) is 15.6. The Bertz CT molecular complexity index is 1100. The lowest BCUT2D eigenvalue weighted by Gasteiger charge is -2.10. The number of benzene rings is 3. The Morgan fingerprint density at radius 1 is 1.04 bits per heavy atom. The van der Waals surface area contributed by atoms with Gasteiger partial charge in [-0.3, -0.25) is 0 Å². The van der Waals surface area contributed by atoms with Crippen LogP contribution in [0.1, 0.15) is 11.1 Å². The first-order valence-corrected chi connectivity index (χ1v) is 9.80. The largest absolute Gasteiger partial charge is 0.466 e. The molecule has 0 fully saturated rings. The van der Waals surface area contributed by atoms with Crippen LogP contribution in [0, 0.1) is 0 Å². The number of methoxy groups -OCH3 is 1. The second-order valence-corrected chi connectivity index (χ2v) is 7.66. The van der Waals surface area contributed by atoms with Crippen LogP contribution in [-0.4, -0.2) is 21.5 Å². The van der Waals surface area contributed by atoms with Crippen molar-refractivity contribution in [3.8, 4) is 0 Å². The van der Waals surface area contributed by atoms with E-state index in [1.54, 1.807) is 12.1 Å². The minimum atomic E-state index is -3.69. The van der Waals surface area contributed by atoms with E-state index in [0.717, 1.165) is 16.3 Å². The van der Waals surface area contributed by atoms with Crippen molar-refractivity contribution in [2.24, 2.45) is 0 Å². The number of esters is 1. The Hall–Kier alpha value is -2.96. The summed E-state index contributed by atoms with van der Waals surface area (Å²) in [7, 11) is -2.41. The first-order chi connectivity index (χ1) is 13.0. The van der Waals surface area contributed by atoms with Crippen LogP contribution in [0.3, 0.4) is 0 Å². The Balaban J connectivity index is 1.80. The molecule has 0 aliphatic carbocycles. The van der Waals surface area contributed by atoms with Crippen LogP contribution >= 0.6 is 0 Å². The van der Waals surface area contributed by atoms with E-state index in [1.807, 2.05) is 42.5 Å². The van der Waals surface area contributed by atoms with E-state index in [0.29, 0.717) is 5.56 Å². The second-order valence-electron chi connectivity index (χ2n) is 5.89. The maximum absolute atomic E-state index is 12.7. The van der Waals surface area contributed by atoms with Crippen molar-refractivity contribution < 1.29 is 17.9 Å². The van der Waals surface area contributed by atoms with Crippen LogP contribution in [0.4, 0.5) is 0 Å². The van der Waals surface area contributed by atoms with Gasteiger partial charge < -0.3 is 4.74 Å². The molecule has 0 heterocycles. The van der Waals surface area contributed by atoms with E-state index in [2.05, 4.69) is 9.46 Å². The molecule has 0 aliphatic rings. The molecule has 0 spiro atoms. The number of hydrogen-bond donors (Lipinski definition) is 1. The summed E-state index contributed by atoms with van der Waals surface area (Å²) in [5.74, 6) is -0.502. The summed E-state index contributed by atoms with van der Waals surface area (Å²) in [6.45, 7) is 0.186. The number of carbonyl (C=O) groups excluding carboxylic acids is 1. The van der Waals surface area contributed by atoms with Gasteiger partial charge in [0.1, 0.15) is 0 Å². The Kier molecular flexibility index (Phi) is 5.69. The fraction of sp³-hybridized carbons (Fsp3) is 0.0952. The van der Waals surface area contributed by atoms with Crippen molar-refractivity contribution in [1.82, 2.24) is 4.72 Å². The lowest BCUT2D eigenvalue weighted by atomic mass is 10.1. The van der Waals surface area contributed by atoms with Crippen molar-refractivity contribution >= 4 is 32.8 Å². The number of carbonyl (C=O) groups is 1. The minimum absolute atomic E-state index is 0.134. The van der Waals surface area contributed by atoms with Gasteiger partial charge in [0.15, 0.2) is 0 Å². The Morgan fingerprint density at radius 3 is 2.59 bits per heavy atom. The highest BCUT2D eigenvalue weighted by Crippen LogP contribution is 2.19. The summed E-state index contributed by atoms with van der Waals surface area (Å²) in [6, 6.07) is 20.0. The molecule has 138 valence electrons. The quantitative estimate of drug-likeness (QED) is 0.524. The highest BCUT2D eigenvalue weighted by Gasteiger charge is 2.14. The van der Waals surface area contributed by atoms with Gasteiger partial charge in [-0.25, -0.2) is 17.9 Å². The minimum Gasteiger partial charge on any atom is -0.466 e. The van der Waals surface area contributed by atoms with Gasteiger partial charge in [-0.05, 0) is 40.1 Å². The van der Waals surface area contributed by atoms with Gasteiger partial charge in [0.2, 0.25) is 10.0 Å². The van der Waals surface area contributed by atoms with Crippen LogP contribution in [0.5, 0.6) is 0 Å². The lowest BCUT2D eigenvalue weighted by Crippen LogP contribution is -2.23. The fourth-order valence-electron chi connectivity index (χ4n) is 2.72. The summed E-state index contributed by atoms with van der Waals surface area (Å²) < 4.78 is 32.5. The van der Waals surface area contributed by atoms with Gasteiger partial charge in [-0.1, -0.05) is 54.6 Å². The van der Waals surface area contributed by atoms with Gasteiger partial charge in [-0.15, -0.1) is 0 Å². The molecule has 0 aromatic heterocycles. The summed E-state index contributed by atoms with van der Waals surface area (Å²) >= 11 is 0. The zero-order valence-electron chi connectivity index (χ0n) is 14.8. The molecule has 0 radical (unpaired) electrons. The molecule has 0 saturated heterocycles. The predicted octanol–water partition coefficient (Wildman–Crippen LogP) is 3.50. The maximum atomic E-state index is 12.7. The van der Waals surface area contributed by atoms with Gasteiger partial charge in [-0.2, -0.15) is 0 Å². The van der Waals surface area contributed by atoms with Crippen molar-refractivity contribution in [2.75, 3.05) is 7.11 Å². The number of ether oxygens (including phenoxy) is 1. The Labute approximate surface area is 158 Å². The summed E-state index contributed by atoms with van der Waals surface area (Å²) in [5.41, 5.74) is 1.49. The van der Waals surface area contributed by atoms with E-state index >= 15 is 0 Å². The van der Waals surface area contributed by atoms with Gasteiger partial charge in [0.25, 0.3) is 0 Å². The lowest BCUT2D eigenvalue weighted by molar-refractivity contribution is -0.134. The van der Waals surface area contributed by atoms with Crippen LogP contribution in [0.25, 0.3) is 16.8 Å². The molecule has 0 saturated carbocycles. The third-order valence-corrected chi connectivity index (χ3v) is 5.51. The first-order valence-electron chi connectivity index (χ1n) is 8.32. The van der Waals surface area contributed by atoms with Crippen LogP contribution in [0.2, 0.25) is 0 Å². The third-order valence-electron chi connectivity index (χ3n) is 4.11. The van der Waals surface area contributed by atoms with E-state index in [-0.39, 0.29) is 11.4 Å². The average molecular weight is 381 g/mol. The number of rotatable bonds is 6. The maximum Gasteiger partial charge on any atom is 0.330 e. The number of nitrogens with one attached hydrogen (secondary N) is 1. The van der Waals surface area contributed by atoms with E-state index < -0.39 is 16.0 Å². The van der Waals surface area contributed by atoms with Gasteiger partial charge in [0.05, 0.1) is 12.0 Å². The summed E-state index contributed by atoms with van der Waals surface area (Å²) in [4.78, 5) is 11.3. The smallest absolute Gasteiger partial charge is 0.330 e. The van der Waals surface area contributed by atoms with Gasteiger partial charge in [0, 0.05) is 12.6 Å². The molecule has 6 heteroatoms. The number of sulfonamides is 1. The van der Waals surface area contributed by atoms with E-state index in [1.165, 1.54) is 31.4 Å². The van der Waals surface area contributed by atoms with Crippen LogP contribution in [0.15, 0.2) is 77.7 Å². The monoisotopic (exact) mass is 381 g/mol. The van der Waals surface area contributed by atoms with Crippen molar-refractivity contribution in [3.63, 3.8) is 0 Å². The number of hydrogen-bond acceptors (Lipinski definition) is 4. The normalized spacial score (nSPS) is 11.7. The molecule has 3 rings (SSSR count). The molecule has 0 aliphatic heterocycles. The SMILES string of the molecule is COC(=O)/C=C/c1cccc(S(=O)(=O)NCc2cccc3ccccc23)c1. The molecular formula is C21H19NO4S. The highest BCUT2D eigenvalue weighted by molar-refractivity contribution is 7.89. The predicted molar refractivity (Wildman–Crippen MR) is 105 cm³/mol. The molecule has 3 aromatic carbocycles. The Morgan fingerprint density at radius 2 is 1.78 bits per heavy atom. The second kappa shape index (κ2) is 8.16. The number of fused-ring (bicyclic) bond motifs is 1. The molecule has 1 N–H and O–H groups in total. The van der Waals surface area contributed by atoms with E-state index in [4.69, 9.17) is 0 Å². The molecule has 0 atom stereocenters. The molecule has 5 nitrogen and oxygen atoms in total. The fourth-order valence-corrected chi connectivity index (χ4v) is 3.78. The third kappa shape index (κ3) is 4.61. The zero-order chi connectivity index (χ0) is 19.3. The molecule has 0 amide bonds. The average Bonchev–Trinajstić information content (AvgIpc) is 2.70. The molecule has 27 heavy (non-hydrogen) atoms. The van der Waals surface area contributed by atoms with Crippen molar-refractivity contribution in [2.45, 2.75) is 11.4 Å². The highest BCUT2D eigenvalue weighted by atomic mass is 32.2. The molecule has 0 unspecified atom stereocenters. The van der Waals surface area contributed by atoms with E-state index in [9.17, 15) is 13.2 Å². The standard InChI is InChI=1S/C21H19NO4S/c1-26-21(23)13-12-16-6-4-10-19(14-16)27(24,25)22-15-18-9-5-8-17-7-2-3-11-20(17)18/h2-14,22H,15H2,1H3/b13-12+. The van der Waals surface area contributed by atoms with Crippen LogP contribution < -0.4 is 4.72 Å². The molecule has 0 bridgehead atoms. The van der Waals surface area contributed by atoms with Crippen molar-refractivity contribution in [1.29, 1.82) is 0 Å². The van der Waals surface area contributed by atoms with Gasteiger partial charge >= 0.3 is 5.97 Å². The van der Waals surface area contributed by atoms with Crippen molar-refractivity contribution in [3.05, 3.63) is 83.9 Å². The first kappa shape index (κ1) is 18.8. The summed E-state index contributed by atoms with van der Waals surface area (Å²) in [5, 5.41) is 2.07. The topological polar surface area (TPSA) is 72.5 Å². The molecular weight excluding hydrogens is 362 g/mol. The molecule has 3 aromatic rings. The van der Waals surface area contributed by atoms with Crippen LogP contribution in [-0.2, 0) is 26.1 Å². The summed E-state index contributed by atoms with van der Waals surface area (Å²) in [6.07, 6.45) is 2.75.